The summed E-state index contributed by atoms with van der Waals surface area (Å²) in [6.07, 6.45) is 4.16. The largest absolute Gasteiger partial charge is 0.363 e. The van der Waals surface area contributed by atoms with Crippen LogP contribution in [0.25, 0.3) is 0 Å². The van der Waals surface area contributed by atoms with Crippen molar-refractivity contribution >= 4 is 10.0 Å². The predicted molar refractivity (Wildman–Crippen MR) is 81.5 cm³/mol. The Balaban J connectivity index is 1.64. The first-order chi connectivity index (χ1) is 10.1. The molecule has 0 aromatic carbocycles. The highest BCUT2D eigenvalue weighted by atomic mass is 32.2. The van der Waals surface area contributed by atoms with E-state index in [1.807, 2.05) is 6.92 Å². The SMILES string of the molecule is CCNCc1cc(S(=O)(=O)N2CCN(C3CC3)CC2)c[nH]1. The number of aromatic amines is 1. The van der Waals surface area contributed by atoms with Crippen molar-refractivity contribution in [3.63, 3.8) is 0 Å². The molecule has 0 amide bonds. The number of nitrogens with one attached hydrogen (secondary N) is 2. The van der Waals surface area contributed by atoms with Crippen LogP contribution in [0.15, 0.2) is 17.2 Å². The minimum Gasteiger partial charge on any atom is -0.363 e. The van der Waals surface area contributed by atoms with Crippen LogP contribution in [0.3, 0.4) is 0 Å². The van der Waals surface area contributed by atoms with Crippen LogP contribution in [0.2, 0.25) is 0 Å². The monoisotopic (exact) mass is 312 g/mol. The highest BCUT2D eigenvalue weighted by molar-refractivity contribution is 7.89. The maximum absolute atomic E-state index is 12.6. The molecule has 1 aromatic rings. The number of sulfonamides is 1. The summed E-state index contributed by atoms with van der Waals surface area (Å²) in [7, 11) is -3.35. The van der Waals surface area contributed by atoms with Crippen molar-refractivity contribution in [3.8, 4) is 0 Å². The van der Waals surface area contributed by atoms with E-state index in [1.165, 1.54) is 12.8 Å². The third-order valence-electron chi connectivity index (χ3n) is 4.26. The molecule has 0 unspecified atom stereocenters. The van der Waals surface area contributed by atoms with E-state index in [1.54, 1.807) is 16.6 Å². The van der Waals surface area contributed by atoms with Gasteiger partial charge in [0.2, 0.25) is 10.0 Å². The minimum atomic E-state index is -3.35. The number of aromatic nitrogens is 1. The molecule has 0 atom stereocenters. The lowest BCUT2D eigenvalue weighted by Gasteiger charge is -2.33. The van der Waals surface area contributed by atoms with Gasteiger partial charge >= 0.3 is 0 Å². The second kappa shape index (κ2) is 6.08. The van der Waals surface area contributed by atoms with Crippen molar-refractivity contribution in [2.75, 3.05) is 32.7 Å². The molecular formula is C14H24N4O2S. The zero-order valence-electron chi connectivity index (χ0n) is 12.5. The van der Waals surface area contributed by atoms with Gasteiger partial charge in [0.25, 0.3) is 0 Å². The molecule has 2 aliphatic rings. The van der Waals surface area contributed by atoms with Gasteiger partial charge in [-0.15, -0.1) is 0 Å². The average molecular weight is 312 g/mol. The minimum absolute atomic E-state index is 0.385. The van der Waals surface area contributed by atoms with E-state index >= 15 is 0 Å². The van der Waals surface area contributed by atoms with Crippen molar-refractivity contribution in [2.45, 2.75) is 37.2 Å². The molecule has 1 saturated heterocycles. The molecule has 0 bridgehead atoms. The van der Waals surface area contributed by atoms with E-state index < -0.39 is 10.0 Å². The zero-order chi connectivity index (χ0) is 14.9. The quantitative estimate of drug-likeness (QED) is 0.807. The van der Waals surface area contributed by atoms with Gasteiger partial charge in [-0.2, -0.15) is 4.31 Å². The third kappa shape index (κ3) is 3.31. The molecule has 3 rings (SSSR count). The smallest absolute Gasteiger partial charge is 0.244 e. The average Bonchev–Trinajstić information content (AvgIpc) is 3.23. The fraction of sp³-hybridized carbons (Fsp3) is 0.714. The van der Waals surface area contributed by atoms with E-state index in [0.29, 0.717) is 30.6 Å². The Morgan fingerprint density at radius 2 is 2.00 bits per heavy atom. The summed E-state index contributed by atoms with van der Waals surface area (Å²) < 4.78 is 26.9. The molecule has 2 N–H and O–H groups in total. The summed E-state index contributed by atoms with van der Waals surface area (Å²) in [6.45, 7) is 6.49. The lowest BCUT2D eigenvalue weighted by Crippen LogP contribution is -2.49. The lowest BCUT2D eigenvalue weighted by atomic mass is 10.3. The van der Waals surface area contributed by atoms with Crippen molar-refractivity contribution < 1.29 is 8.42 Å². The standard InChI is InChI=1S/C14H24N4O2S/c1-2-15-10-12-9-14(11-16-12)21(19,20)18-7-5-17(6-8-18)13-3-4-13/h9,11,13,15-16H,2-8,10H2,1H3. The van der Waals surface area contributed by atoms with E-state index in [2.05, 4.69) is 15.2 Å². The van der Waals surface area contributed by atoms with Crippen LogP contribution in [-0.2, 0) is 16.6 Å². The third-order valence-corrected chi connectivity index (χ3v) is 6.13. The lowest BCUT2D eigenvalue weighted by molar-refractivity contribution is 0.180. The van der Waals surface area contributed by atoms with Gasteiger partial charge < -0.3 is 10.3 Å². The maximum atomic E-state index is 12.6. The van der Waals surface area contributed by atoms with Gasteiger partial charge in [0, 0.05) is 50.7 Å². The number of H-pyrrole nitrogens is 1. The normalized spacial score (nSPS) is 21.8. The van der Waals surface area contributed by atoms with Crippen LogP contribution in [0.5, 0.6) is 0 Å². The molecule has 1 aliphatic carbocycles. The summed E-state index contributed by atoms with van der Waals surface area (Å²) in [4.78, 5) is 5.84. The van der Waals surface area contributed by atoms with E-state index in [-0.39, 0.29) is 0 Å². The van der Waals surface area contributed by atoms with Gasteiger partial charge in [-0.05, 0) is 25.5 Å². The molecule has 1 saturated carbocycles. The van der Waals surface area contributed by atoms with Gasteiger partial charge in [-0.25, -0.2) is 8.42 Å². The van der Waals surface area contributed by atoms with Crippen molar-refractivity contribution in [3.05, 3.63) is 18.0 Å². The Kier molecular flexibility index (Phi) is 4.35. The van der Waals surface area contributed by atoms with Crippen LogP contribution in [0.1, 0.15) is 25.5 Å². The summed E-state index contributed by atoms with van der Waals surface area (Å²) in [5.41, 5.74) is 0.909. The summed E-state index contributed by atoms with van der Waals surface area (Å²) in [5, 5.41) is 3.19. The Hall–Kier alpha value is -0.890. The van der Waals surface area contributed by atoms with Crippen molar-refractivity contribution in [1.29, 1.82) is 0 Å². The summed E-state index contributed by atoms with van der Waals surface area (Å²) >= 11 is 0. The molecular weight excluding hydrogens is 288 g/mol. The first kappa shape index (κ1) is 15.0. The molecule has 2 fully saturated rings. The molecule has 7 heteroatoms. The van der Waals surface area contributed by atoms with E-state index in [4.69, 9.17) is 0 Å². The Labute approximate surface area is 126 Å². The molecule has 1 aromatic heterocycles. The van der Waals surface area contributed by atoms with Gasteiger partial charge in [-0.1, -0.05) is 6.92 Å². The maximum Gasteiger partial charge on any atom is 0.244 e. The van der Waals surface area contributed by atoms with Crippen LogP contribution in [0, 0.1) is 0 Å². The first-order valence-electron chi connectivity index (χ1n) is 7.73. The topological polar surface area (TPSA) is 68.4 Å². The summed E-state index contributed by atoms with van der Waals surface area (Å²) in [5.74, 6) is 0. The molecule has 21 heavy (non-hydrogen) atoms. The van der Waals surface area contributed by atoms with Crippen molar-refractivity contribution in [1.82, 2.24) is 19.5 Å². The fourth-order valence-electron chi connectivity index (χ4n) is 2.83. The first-order valence-corrected chi connectivity index (χ1v) is 9.17. The van der Waals surface area contributed by atoms with Gasteiger partial charge in [0.1, 0.15) is 0 Å². The Morgan fingerprint density at radius 1 is 1.29 bits per heavy atom. The van der Waals surface area contributed by atoms with Gasteiger partial charge in [0.15, 0.2) is 0 Å². The summed E-state index contributed by atoms with van der Waals surface area (Å²) in [6, 6.07) is 2.46. The van der Waals surface area contributed by atoms with Crippen LogP contribution < -0.4 is 5.32 Å². The molecule has 0 radical (unpaired) electrons. The predicted octanol–water partition coefficient (Wildman–Crippen LogP) is 0.593. The number of rotatable bonds is 6. The Morgan fingerprint density at radius 3 is 2.62 bits per heavy atom. The Bertz CT molecular complexity index is 572. The van der Waals surface area contributed by atoms with Crippen LogP contribution >= 0.6 is 0 Å². The van der Waals surface area contributed by atoms with E-state index in [0.717, 1.165) is 25.3 Å². The van der Waals surface area contributed by atoms with Crippen molar-refractivity contribution in [2.24, 2.45) is 0 Å². The molecule has 6 nitrogen and oxygen atoms in total. The second-order valence-electron chi connectivity index (χ2n) is 5.81. The zero-order valence-corrected chi connectivity index (χ0v) is 13.3. The van der Waals surface area contributed by atoms with E-state index in [9.17, 15) is 8.42 Å². The highest BCUT2D eigenvalue weighted by Crippen LogP contribution is 2.28. The molecule has 1 aliphatic heterocycles. The fourth-order valence-corrected chi connectivity index (χ4v) is 4.27. The van der Waals surface area contributed by atoms with Gasteiger partial charge in [0.05, 0.1) is 4.90 Å². The van der Waals surface area contributed by atoms with Crippen LogP contribution in [0.4, 0.5) is 0 Å². The number of hydrogen-bond acceptors (Lipinski definition) is 4. The highest BCUT2D eigenvalue weighted by Gasteiger charge is 2.35. The van der Waals surface area contributed by atoms with Gasteiger partial charge in [-0.3, -0.25) is 4.90 Å². The number of hydrogen-bond donors (Lipinski definition) is 2. The molecule has 118 valence electrons. The second-order valence-corrected chi connectivity index (χ2v) is 7.75. The van der Waals surface area contributed by atoms with Crippen LogP contribution in [-0.4, -0.2) is 61.4 Å². The number of nitrogens with zero attached hydrogens (tertiary/aromatic N) is 2. The molecule has 2 heterocycles. The number of piperazine rings is 1. The molecule has 0 spiro atoms.